The Morgan fingerprint density at radius 1 is 1.33 bits per heavy atom. The summed E-state index contributed by atoms with van der Waals surface area (Å²) in [7, 11) is 3.19. The summed E-state index contributed by atoms with van der Waals surface area (Å²) >= 11 is 0. The average molecular weight is 253 g/mol. The molecular weight excluding hydrogens is 234 g/mol. The van der Waals surface area contributed by atoms with Crippen molar-refractivity contribution in [3.8, 4) is 0 Å². The maximum absolute atomic E-state index is 11.8. The second-order valence-electron chi connectivity index (χ2n) is 4.77. The van der Waals surface area contributed by atoms with Crippen LogP contribution in [-0.4, -0.2) is 39.8 Å². The lowest BCUT2D eigenvalue weighted by molar-refractivity contribution is -0.00544. The van der Waals surface area contributed by atoms with E-state index in [0.717, 1.165) is 16.8 Å². The summed E-state index contributed by atoms with van der Waals surface area (Å²) in [4.78, 5) is 25.7. The zero-order valence-electron chi connectivity index (χ0n) is 11.0. The van der Waals surface area contributed by atoms with Crippen LogP contribution in [-0.2, 0) is 25.4 Å². The second kappa shape index (κ2) is 5.07. The molecule has 0 spiro atoms. The first kappa shape index (κ1) is 13.0. The van der Waals surface area contributed by atoms with Crippen LogP contribution in [0.1, 0.15) is 12.6 Å². The summed E-state index contributed by atoms with van der Waals surface area (Å²) in [5, 5.41) is 0. The fourth-order valence-electron chi connectivity index (χ4n) is 2.13. The molecule has 1 saturated heterocycles. The van der Waals surface area contributed by atoms with Gasteiger partial charge in [-0.15, -0.1) is 0 Å². The number of aromatic nitrogens is 2. The minimum atomic E-state index is -0.279. The number of rotatable bonds is 2. The molecule has 1 aromatic rings. The molecule has 0 N–H and O–H groups in total. The van der Waals surface area contributed by atoms with Crippen molar-refractivity contribution in [1.29, 1.82) is 0 Å². The molecule has 100 valence electrons. The Bertz CT molecular complexity index is 546. The van der Waals surface area contributed by atoms with E-state index in [-0.39, 0.29) is 11.2 Å². The van der Waals surface area contributed by atoms with Gasteiger partial charge in [-0.05, 0) is 6.92 Å². The third-order valence-corrected chi connectivity index (χ3v) is 3.50. The molecule has 0 bridgehead atoms. The van der Waals surface area contributed by atoms with Crippen LogP contribution in [0.3, 0.4) is 0 Å². The lowest BCUT2D eigenvalue weighted by Gasteiger charge is -2.33. The van der Waals surface area contributed by atoms with Crippen molar-refractivity contribution < 1.29 is 4.74 Å². The Labute approximate surface area is 105 Å². The van der Waals surface area contributed by atoms with E-state index < -0.39 is 0 Å². The highest BCUT2D eigenvalue weighted by Crippen LogP contribution is 2.09. The number of hydrogen-bond donors (Lipinski definition) is 0. The second-order valence-corrected chi connectivity index (χ2v) is 4.77. The molecule has 0 aliphatic carbocycles. The zero-order chi connectivity index (χ0) is 13.3. The Morgan fingerprint density at radius 3 is 2.72 bits per heavy atom. The minimum absolute atomic E-state index is 0.256. The molecule has 1 fully saturated rings. The van der Waals surface area contributed by atoms with Crippen LogP contribution in [0.15, 0.2) is 15.7 Å². The van der Waals surface area contributed by atoms with E-state index in [1.807, 2.05) is 0 Å². The van der Waals surface area contributed by atoms with Crippen molar-refractivity contribution in [1.82, 2.24) is 14.0 Å². The molecule has 0 aromatic carbocycles. The van der Waals surface area contributed by atoms with Crippen molar-refractivity contribution in [2.45, 2.75) is 19.5 Å². The molecule has 0 radical (unpaired) electrons. The maximum Gasteiger partial charge on any atom is 0.330 e. The van der Waals surface area contributed by atoms with E-state index in [9.17, 15) is 9.59 Å². The predicted molar refractivity (Wildman–Crippen MR) is 67.6 cm³/mol. The van der Waals surface area contributed by atoms with Crippen LogP contribution >= 0.6 is 0 Å². The van der Waals surface area contributed by atoms with Crippen LogP contribution in [0.25, 0.3) is 0 Å². The molecule has 2 heterocycles. The highest BCUT2D eigenvalue weighted by Gasteiger charge is 2.20. The summed E-state index contributed by atoms with van der Waals surface area (Å²) in [6.07, 6.45) is 0. The van der Waals surface area contributed by atoms with Gasteiger partial charge >= 0.3 is 5.69 Å². The minimum Gasteiger partial charge on any atom is -0.379 e. The van der Waals surface area contributed by atoms with E-state index in [2.05, 4.69) is 11.8 Å². The molecule has 18 heavy (non-hydrogen) atoms. The molecule has 6 heteroatoms. The standard InChI is InChI=1S/C12H19N3O3/c1-9-8-18-5-4-15(9)7-10-6-11(16)14(3)12(17)13(10)2/h6,9H,4-5,7-8H2,1-3H3/t9-/m1/s1. The van der Waals surface area contributed by atoms with E-state index >= 15 is 0 Å². The van der Waals surface area contributed by atoms with E-state index in [1.54, 1.807) is 7.05 Å². The van der Waals surface area contributed by atoms with Gasteiger partial charge in [0.05, 0.1) is 13.2 Å². The van der Waals surface area contributed by atoms with E-state index in [1.165, 1.54) is 17.7 Å². The van der Waals surface area contributed by atoms with Gasteiger partial charge in [-0.2, -0.15) is 0 Å². The first-order valence-electron chi connectivity index (χ1n) is 6.08. The molecule has 1 atom stereocenters. The van der Waals surface area contributed by atoms with Gasteiger partial charge in [-0.1, -0.05) is 0 Å². The number of nitrogens with zero attached hydrogens (tertiary/aromatic N) is 3. The van der Waals surface area contributed by atoms with Gasteiger partial charge in [0.15, 0.2) is 0 Å². The predicted octanol–water partition coefficient (Wildman–Crippen LogP) is -0.695. The number of morpholine rings is 1. The first-order valence-corrected chi connectivity index (χ1v) is 6.08. The lowest BCUT2D eigenvalue weighted by Crippen LogP contribution is -2.45. The van der Waals surface area contributed by atoms with Gasteiger partial charge < -0.3 is 4.74 Å². The molecule has 2 rings (SSSR count). The van der Waals surface area contributed by atoms with Gasteiger partial charge in [0.1, 0.15) is 0 Å². The Hall–Kier alpha value is -1.40. The van der Waals surface area contributed by atoms with Gasteiger partial charge in [-0.3, -0.25) is 18.8 Å². The average Bonchev–Trinajstić information content (AvgIpc) is 2.36. The maximum atomic E-state index is 11.8. The SMILES string of the molecule is C[C@@H]1COCCN1Cc1cc(=O)n(C)c(=O)n1C. The number of hydrogen-bond acceptors (Lipinski definition) is 4. The van der Waals surface area contributed by atoms with Crippen LogP contribution in [0.4, 0.5) is 0 Å². The largest absolute Gasteiger partial charge is 0.379 e. The van der Waals surface area contributed by atoms with Crippen molar-refractivity contribution in [3.63, 3.8) is 0 Å². The molecule has 1 aliphatic heterocycles. The first-order chi connectivity index (χ1) is 8.50. The summed E-state index contributed by atoms with van der Waals surface area (Å²) in [5.74, 6) is 0. The molecule has 0 unspecified atom stereocenters. The smallest absolute Gasteiger partial charge is 0.330 e. The molecule has 0 amide bonds. The fraction of sp³-hybridized carbons (Fsp3) is 0.667. The monoisotopic (exact) mass is 253 g/mol. The van der Waals surface area contributed by atoms with Crippen molar-refractivity contribution in [2.24, 2.45) is 14.1 Å². The molecule has 1 aliphatic rings. The third kappa shape index (κ3) is 2.39. The normalized spacial score (nSPS) is 21.2. The summed E-state index contributed by atoms with van der Waals surface area (Å²) in [6.45, 7) is 4.90. The van der Waals surface area contributed by atoms with E-state index in [0.29, 0.717) is 25.8 Å². The van der Waals surface area contributed by atoms with E-state index in [4.69, 9.17) is 4.74 Å². The van der Waals surface area contributed by atoms with Crippen LogP contribution in [0, 0.1) is 0 Å². The number of ether oxygens (including phenoxy) is 1. The zero-order valence-corrected chi connectivity index (χ0v) is 11.0. The van der Waals surface area contributed by atoms with Crippen molar-refractivity contribution in [3.05, 3.63) is 32.6 Å². The summed E-state index contributed by atoms with van der Waals surface area (Å²) in [5.41, 5.74) is 0.212. The molecule has 6 nitrogen and oxygen atoms in total. The van der Waals surface area contributed by atoms with Gasteiger partial charge in [0.25, 0.3) is 5.56 Å². The molecular formula is C12H19N3O3. The topological polar surface area (TPSA) is 56.5 Å². The highest BCUT2D eigenvalue weighted by atomic mass is 16.5. The third-order valence-electron chi connectivity index (χ3n) is 3.50. The van der Waals surface area contributed by atoms with Crippen molar-refractivity contribution in [2.75, 3.05) is 19.8 Å². The van der Waals surface area contributed by atoms with Gasteiger partial charge in [0.2, 0.25) is 0 Å². The fourth-order valence-corrected chi connectivity index (χ4v) is 2.13. The van der Waals surface area contributed by atoms with Crippen LogP contribution in [0.5, 0.6) is 0 Å². The van der Waals surface area contributed by atoms with Gasteiger partial charge in [0, 0.05) is 45.0 Å². The van der Waals surface area contributed by atoms with Crippen LogP contribution < -0.4 is 11.2 Å². The Kier molecular flexibility index (Phi) is 3.68. The summed E-state index contributed by atoms with van der Waals surface area (Å²) < 4.78 is 8.02. The van der Waals surface area contributed by atoms with Gasteiger partial charge in [-0.25, -0.2) is 4.79 Å². The molecule has 1 aromatic heterocycles. The Morgan fingerprint density at radius 2 is 2.06 bits per heavy atom. The highest BCUT2D eigenvalue weighted by molar-refractivity contribution is 5.02. The Balaban J connectivity index is 2.29. The quantitative estimate of drug-likeness (QED) is 0.700. The van der Waals surface area contributed by atoms with Crippen molar-refractivity contribution >= 4 is 0 Å². The molecule has 0 saturated carbocycles. The lowest BCUT2D eigenvalue weighted by atomic mass is 10.2. The van der Waals surface area contributed by atoms with Crippen LogP contribution in [0.2, 0.25) is 0 Å². The summed E-state index contributed by atoms with van der Waals surface area (Å²) in [6, 6.07) is 1.83.